The number of carbonyl (C=O) groups is 1. The molecular weight excluding hydrogens is 290 g/mol. The Bertz CT molecular complexity index is 598. The molecule has 3 N–H and O–H groups in total. The van der Waals surface area contributed by atoms with Crippen molar-refractivity contribution >= 4 is 5.91 Å². The Labute approximate surface area is 136 Å². The number of hydrogen-bond acceptors (Lipinski definition) is 4. The van der Waals surface area contributed by atoms with Crippen LogP contribution in [0.3, 0.4) is 0 Å². The highest BCUT2D eigenvalue weighted by molar-refractivity contribution is 5.84. The maximum Gasteiger partial charge on any atom is 0.241 e. The van der Waals surface area contributed by atoms with E-state index >= 15 is 0 Å². The van der Waals surface area contributed by atoms with Crippen LogP contribution in [0.5, 0.6) is 0 Å². The Balaban J connectivity index is 1.43. The first-order valence-corrected chi connectivity index (χ1v) is 9.13. The van der Waals surface area contributed by atoms with E-state index in [4.69, 9.17) is 5.73 Å². The first-order chi connectivity index (χ1) is 10.9. The van der Waals surface area contributed by atoms with Crippen LogP contribution in [-0.4, -0.2) is 39.6 Å². The summed E-state index contributed by atoms with van der Waals surface area (Å²) in [5.74, 6) is 1.56. The van der Waals surface area contributed by atoms with Crippen molar-refractivity contribution in [3.05, 3.63) is 0 Å². The Morgan fingerprint density at radius 2 is 1.91 bits per heavy atom. The molecule has 124 valence electrons. The monoisotopic (exact) mass is 315 g/mol. The second-order valence-electron chi connectivity index (χ2n) is 9.21. The summed E-state index contributed by atoms with van der Waals surface area (Å²) in [7, 11) is 0. The molecule has 0 spiro atoms. The Morgan fingerprint density at radius 1 is 1.22 bits per heavy atom. The SMILES string of the molecule is N#CC1CC2CC2N1C(=O)[C@@H](N)C12CC3C[C@H](CC(O)(C3)C1)C2. The van der Waals surface area contributed by atoms with Crippen LogP contribution in [0.4, 0.5) is 0 Å². The van der Waals surface area contributed by atoms with Crippen LogP contribution in [0.15, 0.2) is 0 Å². The lowest BCUT2D eigenvalue weighted by molar-refractivity contribution is -0.177. The lowest BCUT2D eigenvalue weighted by atomic mass is 9.46. The predicted molar refractivity (Wildman–Crippen MR) is 82.8 cm³/mol. The summed E-state index contributed by atoms with van der Waals surface area (Å²) >= 11 is 0. The zero-order valence-electron chi connectivity index (χ0n) is 13.4. The molecule has 0 aromatic rings. The summed E-state index contributed by atoms with van der Waals surface area (Å²) in [6, 6.07) is 1.72. The first kappa shape index (κ1) is 14.2. The van der Waals surface area contributed by atoms with E-state index in [1.807, 2.05) is 0 Å². The molecule has 1 amide bonds. The molecule has 5 saturated carbocycles. The van der Waals surface area contributed by atoms with Gasteiger partial charge in [-0.1, -0.05) is 0 Å². The number of carbonyl (C=O) groups excluding carboxylic acids is 1. The van der Waals surface area contributed by atoms with Gasteiger partial charge in [-0.15, -0.1) is 0 Å². The van der Waals surface area contributed by atoms with E-state index < -0.39 is 11.6 Å². The predicted octanol–water partition coefficient (Wildman–Crippen LogP) is 1.16. The molecule has 6 unspecified atom stereocenters. The van der Waals surface area contributed by atoms with E-state index in [9.17, 15) is 15.2 Å². The second-order valence-corrected chi connectivity index (χ2v) is 9.21. The summed E-state index contributed by atoms with van der Waals surface area (Å²) in [5, 5.41) is 20.2. The number of nitrogens with zero attached hydrogens (tertiary/aromatic N) is 2. The molecule has 1 saturated heterocycles. The van der Waals surface area contributed by atoms with Gasteiger partial charge in [0.25, 0.3) is 0 Å². The number of nitriles is 1. The minimum absolute atomic E-state index is 0.0212. The van der Waals surface area contributed by atoms with Crippen LogP contribution >= 0.6 is 0 Å². The number of fused-ring (bicyclic) bond motifs is 1. The number of rotatable bonds is 2. The largest absolute Gasteiger partial charge is 0.390 e. The molecular formula is C18H25N3O2. The third-order valence-electron chi connectivity index (χ3n) is 7.51. The van der Waals surface area contributed by atoms with Crippen molar-refractivity contribution in [2.24, 2.45) is 28.9 Å². The first-order valence-electron chi connectivity index (χ1n) is 9.13. The van der Waals surface area contributed by atoms with Crippen molar-refractivity contribution in [1.82, 2.24) is 4.90 Å². The van der Waals surface area contributed by atoms with Gasteiger partial charge in [0.05, 0.1) is 17.7 Å². The van der Waals surface area contributed by atoms with Crippen LogP contribution < -0.4 is 5.73 Å². The van der Waals surface area contributed by atoms with Gasteiger partial charge in [-0.2, -0.15) is 5.26 Å². The second kappa shape index (κ2) is 4.29. The van der Waals surface area contributed by atoms with E-state index in [0.717, 1.165) is 38.5 Å². The third kappa shape index (κ3) is 1.88. The van der Waals surface area contributed by atoms with E-state index in [2.05, 4.69) is 6.07 Å². The summed E-state index contributed by atoms with van der Waals surface area (Å²) in [4.78, 5) is 14.9. The van der Waals surface area contributed by atoms with Crippen LogP contribution in [0.1, 0.15) is 51.4 Å². The van der Waals surface area contributed by atoms with Crippen molar-refractivity contribution in [2.75, 3.05) is 0 Å². The van der Waals surface area contributed by atoms with Crippen LogP contribution in [0.2, 0.25) is 0 Å². The Hall–Kier alpha value is -1.12. The highest BCUT2D eigenvalue weighted by Gasteiger charge is 2.62. The molecule has 4 bridgehead atoms. The molecule has 6 fully saturated rings. The Morgan fingerprint density at radius 3 is 2.52 bits per heavy atom. The lowest BCUT2D eigenvalue weighted by Gasteiger charge is -2.61. The summed E-state index contributed by atoms with van der Waals surface area (Å²) in [6.07, 6.45) is 7.48. The standard InChI is InChI=1S/C18H25N3O2/c19-8-13-2-12-3-14(12)21(13)16(22)15(20)17-4-10-1-11(5-17)7-18(23,6-10)9-17/h10-15,23H,1-7,9,20H2/t10-,11?,12?,13?,14?,15+,17?,18?/m0/s1. The highest BCUT2D eigenvalue weighted by atomic mass is 16.3. The molecule has 23 heavy (non-hydrogen) atoms. The number of hydrogen-bond donors (Lipinski definition) is 2. The minimum atomic E-state index is -0.594. The Kier molecular flexibility index (Phi) is 2.65. The molecule has 1 aliphatic heterocycles. The van der Waals surface area contributed by atoms with E-state index in [1.165, 1.54) is 6.42 Å². The number of amides is 1. The molecule has 0 aromatic heterocycles. The van der Waals surface area contributed by atoms with Crippen molar-refractivity contribution in [1.29, 1.82) is 5.26 Å². The fourth-order valence-corrected chi connectivity index (χ4v) is 6.96. The van der Waals surface area contributed by atoms with Gasteiger partial charge in [-0.25, -0.2) is 0 Å². The zero-order valence-corrected chi connectivity index (χ0v) is 13.4. The maximum absolute atomic E-state index is 13.1. The molecule has 5 aliphatic carbocycles. The lowest BCUT2D eigenvalue weighted by Crippen LogP contribution is -2.64. The van der Waals surface area contributed by atoms with Gasteiger partial charge in [-0.05, 0) is 74.5 Å². The minimum Gasteiger partial charge on any atom is -0.390 e. The van der Waals surface area contributed by atoms with E-state index in [0.29, 0.717) is 24.2 Å². The number of piperidine rings is 1. The maximum atomic E-state index is 13.1. The van der Waals surface area contributed by atoms with Crippen molar-refractivity contribution in [3.63, 3.8) is 0 Å². The summed E-state index contributed by atoms with van der Waals surface area (Å²) in [5.41, 5.74) is 5.71. The van der Waals surface area contributed by atoms with Crippen LogP contribution in [-0.2, 0) is 4.79 Å². The molecule has 5 heteroatoms. The van der Waals surface area contributed by atoms with Gasteiger partial charge in [0, 0.05) is 6.04 Å². The van der Waals surface area contributed by atoms with Gasteiger partial charge >= 0.3 is 0 Å². The number of aliphatic hydroxyl groups is 1. The van der Waals surface area contributed by atoms with Crippen LogP contribution in [0, 0.1) is 34.5 Å². The van der Waals surface area contributed by atoms with Gasteiger partial charge < -0.3 is 15.7 Å². The highest BCUT2D eigenvalue weighted by Crippen LogP contribution is 2.63. The van der Waals surface area contributed by atoms with Gasteiger partial charge in [-0.3, -0.25) is 4.79 Å². The fourth-order valence-electron chi connectivity index (χ4n) is 6.96. The van der Waals surface area contributed by atoms with Crippen molar-refractivity contribution in [3.8, 4) is 6.07 Å². The molecule has 6 rings (SSSR count). The molecule has 5 nitrogen and oxygen atoms in total. The van der Waals surface area contributed by atoms with E-state index in [1.54, 1.807) is 4.90 Å². The van der Waals surface area contributed by atoms with Gasteiger partial charge in [0.15, 0.2) is 0 Å². The quantitative estimate of drug-likeness (QED) is 0.800. The number of likely N-dealkylation sites (tertiary alicyclic amines) is 1. The average Bonchev–Trinajstić information content (AvgIpc) is 3.14. The smallest absolute Gasteiger partial charge is 0.241 e. The molecule has 8 atom stereocenters. The number of nitrogens with two attached hydrogens (primary N) is 1. The van der Waals surface area contributed by atoms with Crippen molar-refractivity contribution < 1.29 is 9.90 Å². The molecule has 6 aliphatic rings. The van der Waals surface area contributed by atoms with Gasteiger partial charge in [0.1, 0.15) is 6.04 Å². The fraction of sp³-hybridized carbons (Fsp3) is 0.889. The summed E-state index contributed by atoms with van der Waals surface area (Å²) in [6.45, 7) is 0. The topological polar surface area (TPSA) is 90.4 Å². The average molecular weight is 315 g/mol. The van der Waals surface area contributed by atoms with Crippen LogP contribution in [0.25, 0.3) is 0 Å². The molecule has 0 aromatic carbocycles. The molecule has 1 heterocycles. The van der Waals surface area contributed by atoms with E-state index in [-0.39, 0.29) is 23.4 Å². The van der Waals surface area contributed by atoms with Crippen molar-refractivity contribution in [2.45, 2.75) is 75.1 Å². The zero-order chi connectivity index (χ0) is 16.0. The molecule has 0 radical (unpaired) electrons. The third-order valence-corrected chi connectivity index (χ3v) is 7.51. The normalized spacial score (nSPS) is 53.8. The summed E-state index contributed by atoms with van der Waals surface area (Å²) < 4.78 is 0. The van der Waals surface area contributed by atoms with Gasteiger partial charge in [0.2, 0.25) is 5.91 Å².